The first-order chi connectivity index (χ1) is 3.18. The van der Waals surface area contributed by atoms with Gasteiger partial charge in [-0.1, -0.05) is 0 Å². The van der Waals surface area contributed by atoms with E-state index in [0.717, 1.165) is 0 Å². The first-order valence-electron chi connectivity index (χ1n) is 2.07. The number of aliphatic hydroxyl groups excluding tert-OH is 2. The van der Waals surface area contributed by atoms with E-state index in [0.29, 0.717) is 0 Å². The Labute approximate surface area is 42.5 Å². The molecule has 1 unspecified atom stereocenters. The van der Waals surface area contributed by atoms with Gasteiger partial charge in [-0.15, -0.1) is 0 Å². The molecule has 0 heterocycles. The fourth-order valence-electron chi connectivity index (χ4n) is 0.197. The third-order valence-electron chi connectivity index (χ3n) is 0.654. The van der Waals surface area contributed by atoms with E-state index in [1.54, 1.807) is 0 Å². The van der Waals surface area contributed by atoms with E-state index in [1.807, 2.05) is 0 Å². The highest BCUT2D eigenvalue weighted by molar-refractivity contribution is 4.45. The Bertz CT molecular complexity index is 44.2. The Hall–Kier alpha value is -0.120. The summed E-state index contributed by atoms with van der Waals surface area (Å²) < 4.78 is 4.32. The van der Waals surface area contributed by atoms with Crippen LogP contribution in [-0.2, 0) is 4.74 Å². The van der Waals surface area contributed by atoms with E-state index in [9.17, 15) is 0 Å². The van der Waals surface area contributed by atoms with Gasteiger partial charge in [0.25, 0.3) is 0 Å². The number of ether oxygens (including phenoxy) is 1. The molecular formula is C4H10O3. The van der Waals surface area contributed by atoms with Gasteiger partial charge in [0.2, 0.25) is 0 Å². The van der Waals surface area contributed by atoms with Gasteiger partial charge in [-0.05, 0) is 6.92 Å². The van der Waals surface area contributed by atoms with Gasteiger partial charge < -0.3 is 14.9 Å². The van der Waals surface area contributed by atoms with Crippen LogP contribution in [0, 0.1) is 0 Å². The van der Waals surface area contributed by atoms with Crippen LogP contribution >= 0.6 is 0 Å². The fourth-order valence-corrected chi connectivity index (χ4v) is 0.197. The smallest absolute Gasteiger partial charge is 0.180 e. The molecule has 0 saturated carbocycles. The molecule has 7 heavy (non-hydrogen) atoms. The van der Waals surface area contributed by atoms with Crippen molar-refractivity contribution in [2.75, 3.05) is 7.11 Å². The third kappa shape index (κ3) is 2.56. The predicted molar refractivity (Wildman–Crippen MR) is 24.7 cm³/mol. The van der Waals surface area contributed by atoms with Gasteiger partial charge in [-0.25, -0.2) is 0 Å². The monoisotopic (exact) mass is 106 g/mol. The molecular weight excluding hydrogens is 96.0 g/mol. The molecule has 0 rings (SSSR count). The lowest BCUT2D eigenvalue weighted by Crippen LogP contribution is -2.23. The van der Waals surface area contributed by atoms with Crippen molar-refractivity contribution in [1.29, 1.82) is 0 Å². The Kier molecular flexibility index (Phi) is 2.91. The maximum atomic E-state index is 8.46. The van der Waals surface area contributed by atoms with Crippen molar-refractivity contribution < 1.29 is 14.9 Å². The topological polar surface area (TPSA) is 49.7 Å². The van der Waals surface area contributed by atoms with Crippen LogP contribution in [0.25, 0.3) is 0 Å². The molecule has 0 amide bonds. The van der Waals surface area contributed by atoms with Crippen molar-refractivity contribution in [2.24, 2.45) is 0 Å². The zero-order chi connectivity index (χ0) is 5.86. The summed E-state index contributed by atoms with van der Waals surface area (Å²) >= 11 is 0. The summed E-state index contributed by atoms with van der Waals surface area (Å²) in [5.41, 5.74) is 0. The van der Waals surface area contributed by atoms with Gasteiger partial charge in [0, 0.05) is 7.11 Å². The minimum atomic E-state index is -1.04. The van der Waals surface area contributed by atoms with Gasteiger partial charge >= 0.3 is 0 Å². The molecule has 0 aliphatic rings. The van der Waals surface area contributed by atoms with Crippen LogP contribution in [0.5, 0.6) is 0 Å². The summed E-state index contributed by atoms with van der Waals surface area (Å²) in [6, 6.07) is 0. The van der Waals surface area contributed by atoms with Crippen molar-refractivity contribution in [1.82, 2.24) is 0 Å². The molecule has 0 aromatic carbocycles. The van der Waals surface area contributed by atoms with Crippen molar-refractivity contribution in [3.8, 4) is 0 Å². The zero-order valence-corrected chi connectivity index (χ0v) is 4.46. The Morgan fingerprint density at radius 2 is 1.86 bits per heavy atom. The van der Waals surface area contributed by atoms with E-state index in [-0.39, 0.29) is 0 Å². The van der Waals surface area contributed by atoms with Crippen LogP contribution in [0.3, 0.4) is 0 Å². The average molecular weight is 106 g/mol. The molecule has 0 bridgehead atoms. The van der Waals surface area contributed by atoms with Crippen molar-refractivity contribution in [3.05, 3.63) is 0 Å². The van der Waals surface area contributed by atoms with E-state index in [2.05, 4.69) is 4.74 Å². The van der Waals surface area contributed by atoms with Gasteiger partial charge in [-0.3, -0.25) is 0 Å². The summed E-state index contributed by atoms with van der Waals surface area (Å²) in [6.07, 6.45) is -1.84. The van der Waals surface area contributed by atoms with E-state index in [1.165, 1.54) is 14.0 Å². The maximum absolute atomic E-state index is 8.46. The lowest BCUT2D eigenvalue weighted by Gasteiger charge is -2.09. The third-order valence-corrected chi connectivity index (χ3v) is 0.654. The molecule has 2 N–H and O–H groups in total. The molecule has 0 aliphatic heterocycles. The minimum Gasteiger partial charge on any atom is -0.388 e. The summed E-state index contributed by atoms with van der Waals surface area (Å²) in [7, 11) is 1.33. The standard InChI is InChI=1S/C4H10O3/c1-3(5)4(6)7-2/h3-6H,1-2H3/t3?,4-/m0/s1. The van der Waals surface area contributed by atoms with Crippen molar-refractivity contribution >= 4 is 0 Å². The second-order valence-corrected chi connectivity index (χ2v) is 1.37. The number of rotatable bonds is 2. The molecule has 3 heteroatoms. The van der Waals surface area contributed by atoms with Gasteiger partial charge in [-0.2, -0.15) is 0 Å². The Morgan fingerprint density at radius 3 is 1.86 bits per heavy atom. The zero-order valence-electron chi connectivity index (χ0n) is 4.46. The molecule has 2 atom stereocenters. The SMILES string of the molecule is CO[C@H](O)C(C)O. The van der Waals surface area contributed by atoms with E-state index in [4.69, 9.17) is 10.2 Å². The van der Waals surface area contributed by atoms with Gasteiger partial charge in [0.1, 0.15) is 6.10 Å². The van der Waals surface area contributed by atoms with Crippen LogP contribution in [0.1, 0.15) is 6.92 Å². The van der Waals surface area contributed by atoms with Crippen LogP contribution in [-0.4, -0.2) is 29.7 Å². The van der Waals surface area contributed by atoms with Crippen LogP contribution in [0.2, 0.25) is 0 Å². The molecule has 0 fully saturated rings. The van der Waals surface area contributed by atoms with Crippen molar-refractivity contribution in [3.63, 3.8) is 0 Å². The molecule has 0 radical (unpaired) electrons. The molecule has 3 nitrogen and oxygen atoms in total. The first-order valence-corrected chi connectivity index (χ1v) is 2.07. The highest BCUT2D eigenvalue weighted by Gasteiger charge is 2.06. The molecule has 0 aliphatic carbocycles. The fraction of sp³-hybridized carbons (Fsp3) is 1.00. The maximum Gasteiger partial charge on any atom is 0.180 e. The highest BCUT2D eigenvalue weighted by atomic mass is 16.6. The molecule has 0 spiro atoms. The predicted octanol–water partition coefficient (Wildman–Crippen LogP) is -0.668. The normalized spacial score (nSPS) is 18.9. The quantitative estimate of drug-likeness (QED) is 0.459. The van der Waals surface area contributed by atoms with E-state index < -0.39 is 12.4 Å². The average Bonchev–Trinajstić information content (AvgIpc) is 1.65. The molecule has 0 aromatic heterocycles. The number of hydrogen-bond donors (Lipinski definition) is 2. The van der Waals surface area contributed by atoms with Gasteiger partial charge in [0.05, 0.1) is 0 Å². The second kappa shape index (κ2) is 2.96. The number of hydrogen-bond acceptors (Lipinski definition) is 3. The van der Waals surface area contributed by atoms with Crippen molar-refractivity contribution in [2.45, 2.75) is 19.3 Å². The molecule has 44 valence electrons. The lowest BCUT2D eigenvalue weighted by molar-refractivity contribution is -0.137. The Balaban J connectivity index is 3.14. The summed E-state index contributed by atoms with van der Waals surface area (Å²) in [6.45, 7) is 1.45. The minimum absolute atomic E-state index is 0.801. The van der Waals surface area contributed by atoms with Gasteiger partial charge in [0.15, 0.2) is 6.29 Å². The summed E-state index contributed by atoms with van der Waals surface area (Å²) in [5, 5.41) is 16.9. The first kappa shape index (κ1) is 6.88. The number of methoxy groups -OCH3 is 1. The van der Waals surface area contributed by atoms with Crippen LogP contribution < -0.4 is 0 Å². The van der Waals surface area contributed by atoms with Crippen LogP contribution in [0.4, 0.5) is 0 Å². The Morgan fingerprint density at radius 1 is 1.43 bits per heavy atom. The second-order valence-electron chi connectivity index (χ2n) is 1.37. The lowest BCUT2D eigenvalue weighted by atomic mass is 10.4. The largest absolute Gasteiger partial charge is 0.388 e. The molecule has 0 aromatic rings. The molecule has 0 saturated heterocycles. The highest BCUT2D eigenvalue weighted by Crippen LogP contribution is 1.89. The number of aliphatic hydroxyl groups is 2. The summed E-state index contributed by atoms with van der Waals surface area (Å²) in [4.78, 5) is 0. The van der Waals surface area contributed by atoms with Crippen LogP contribution in [0.15, 0.2) is 0 Å². The van der Waals surface area contributed by atoms with E-state index >= 15 is 0 Å². The summed E-state index contributed by atoms with van der Waals surface area (Å²) in [5.74, 6) is 0.